The molecule has 20 heavy (non-hydrogen) atoms. The predicted molar refractivity (Wildman–Crippen MR) is 85.7 cm³/mol. The average molecular weight is 357 g/mol. The minimum atomic E-state index is -0.188. The van der Waals surface area contributed by atoms with Crippen molar-refractivity contribution in [3.8, 4) is 0 Å². The molecule has 0 saturated heterocycles. The summed E-state index contributed by atoms with van der Waals surface area (Å²) in [6, 6.07) is 12.6. The van der Waals surface area contributed by atoms with Crippen molar-refractivity contribution in [3.05, 3.63) is 68.9 Å². The van der Waals surface area contributed by atoms with Crippen LogP contribution in [-0.4, -0.2) is 6.54 Å². The minimum Gasteiger partial charge on any atom is -0.310 e. The van der Waals surface area contributed by atoms with Gasteiger partial charge in [0.15, 0.2) is 0 Å². The molecule has 0 bridgehead atoms. The number of hydrogen-bond donors (Lipinski definition) is 1. The molecule has 1 atom stereocenters. The van der Waals surface area contributed by atoms with Gasteiger partial charge in [0.1, 0.15) is 5.82 Å². The maximum absolute atomic E-state index is 13.9. The fraction of sp³-hybridized carbons (Fsp3) is 0.250. The standard InChI is InChI=1S/C16H16BrClFN/c1-2-20-16(13-5-3-4-6-15(13)19)9-11-7-8-12(17)10-14(11)18/h3-8,10,16,20H,2,9H2,1H3. The van der Waals surface area contributed by atoms with E-state index < -0.39 is 0 Å². The first-order valence-corrected chi connectivity index (χ1v) is 7.70. The Morgan fingerprint density at radius 2 is 2.00 bits per heavy atom. The SMILES string of the molecule is CCNC(Cc1ccc(Br)cc1Cl)c1ccccc1F. The van der Waals surface area contributed by atoms with Crippen LogP contribution in [0, 0.1) is 5.82 Å². The zero-order valence-electron chi connectivity index (χ0n) is 11.2. The summed E-state index contributed by atoms with van der Waals surface area (Å²) in [4.78, 5) is 0. The molecule has 1 nitrogen and oxygen atoms in total. The van der Waals surface area contributed by atoms with Gasteiger partial charge in [0.05, 0.1) is 0 Å². The van der Waals surface area contributed by atoms with E-state index in [9.17, 15) is 4.39 Å². The molecule has 0 saturated carbocycles. The summed E-state index contributed by atoms with van der Waals surface area (Å²) in [5, 5.41) is 4.01. The molecule has 2 aromatic rings. The van der Waals surface area contributed by atoms with Crippen molar-refractivity contribution < 1.29 is 4.39 Å². The Labute approximate surface area is 132 Å². The molecular formula is C16H16BrClFN. The number of likely N-dealkylation sites (N-methyl/N-ethyl adjacent to an activating group) is 1. The van der Waals surface area contributed by atoms with Gasteiger partial charge in [0.25, 0.3) is 0 Å². The Bertz CT molecular complexity index is 588. The van der Waals surface area contributed by atoms with Gasteiger partial charge in [-0.3, -0.25) is 0 Å². The van der Waals surface area contributed by atoms with E-state index in [1.165, 1.54) is 6.07 Å². The maximum atomic E-state index is 13.9. The van der Waals surface area contributed by atoms with Crippen molar-refractivity contribution in [3.63, 3.8) is 0 Å². The molecule has 106 valence electrons. The zero-order chi connectivity index (χ0) is 14.5. The molecule has 0 aliphatic heterocycles. The molecule has 0 aliphatic rings. The lowest BCUT2D eigenvalue weighted by molar-refractivity contribution is 0.510. The lowest BCUT2D eigenvalue weighted by Gasteiger charge is -2.20. The van der Waals surface area contributed by atoms with Gasteiger partial charge in [-0.1, -0.05) is 58.7 Å². The van der Waals surface area contributed by atoms with Crippen LogP contribution in [0.4, 0.5) is 4.39 Å². The van der Waals surface area contributed by atoms with Gasteiger partial charge in [-0.2, -0.15) is 0 Å². The van der Waals surface area contributed by atoms with Gasteiger partial charge in [-0.15, -0.1) is 0 Å². The lowest BCUT2D eigenvalue weighted by Crippen LogP contribution is -2.24. The third-order valence-corrected chi connectivity index (χ3v) is 4.02. The van der Waals surface area contributed by atoms with E-state index >= 15 is 0 Å². The summed E-state index contributed by atoms with van der Waals surface area (Å²) in [7, 11) is 0. The van der Waals surface area contributed by atoms with Crippen LogP contribution in [0.2, 0.25) is 5.02 Å². The van der Waals surface area contributed by atoms with Crippen molar-refractivity contribution in [1.82, 2.24) is 5.32 Å². The molecule has 0 fully saturated rings. The second kappa shape index (κ2) is 7.21. The second-order valence-electron chi connectivity index (χ2n) is 4.57. The van der Waals surface area contributed by atoms with E-state index in [0.29, 0.717) is 17.0 Å². The Kier molecular flexibility index (Phi) is 5.58. The number of nitrogens with one attached hydrogen (secondary N) is 1. The maximum Gasteiger partial charge on any atom is 0.127 e. The fourth-order valence-corrected chi connectivity index (χ4v) is 2.95. The molecule has 0 heterocycles. The smallest absolute Gasteiger partial charge is 0.127 e. The van der Waals surface area contributed by atoms with Crippen LogP contribution in [0.15, 0.2) is 46.9 Å². The molecule has 0 amide bonds. The molecule has 1 N–H and O–H groups in total. The summed E-state index contributed by atoms with van der Waals surface area (Å²) in [5.74, 6) is -0.188. The van der Waals surface area contributed by atoms with E-state index in [1.807, 2.05) is 37.3 Å². The highest BCUT2D eigenvalue weighted by Crippen LogP contribution is 2.27. The van der Waals surface area contributed by atoms with Crippen LogP contribution < -0.4 is 5.32 Å². The van der Waals surface area contributed by atoms with Crippen LogP contribution in [0.1, 0.15) is 24.1 Å². The molecule has 0 aromatic heterocycles. The first-order chi connectivity index (χ1) is 9.61. The van der Waals surface area contributed by atoms with Crippen LogP contribution >= 0.6 is 27.5 Å². The fourth-order valence-electron chi connectivity index (χ4n) is 2.20. The number of benzene rings is 2. The highest BCUT2D eigenvalue weighted by atomic mass is 79.9. The highest BCUT2D eigenvalue weighted by Gasteiger charge is 2.16. The normalized spacial score (nSPS) is 12.4. The number of rotatable bonds is 5. The minimum absolute atomic E-state index is 0.0834. The first-order valence-electron chi connectivity index (χ1n) is 6.53. The van der Waals surface area contributed by atoms with Gasteiger partial charge in [-0.05, 0) is 36.7 Å². The molecule has 0 aliphatic carbocycles. The van der Waals surface area contributed by atoms with E-state index in [4.69, 9.17) is 11.6 Å². The summed E-state index contributed by atoms with van der Waals surface area (Å²) in [6.45, 7) is 2.78. The van der Waals surface area contributed by atoms with Gasteiger partial charge in [0.2, 0.25) is 0 Å². The van der Waals surface area contributed by atoms with Crippen molar-refractivity contribution in [2.45, 2.75) is 19.4 Å². The quantitative estimate of drug-likeness (QED) is 0.782. The van der Waals surface area contributed by atoms with Gasteiger partial charge in [-0.25, -0.2) is 4.39 Å². The largest absolute Gasteiger partial charge is 0.310 e. The highest BCUT2D eigenvalue weighted by molar-refractivity contribution is 9.10. The van der Waals surface area contributed by atoms with Crippen LogP contribution in [0.5, 0.6) is 0 Å². The monoisotopic (exact) mass is 355 g/mol. The zero-order valence-corrected chi connectivity index (χ0v) is 13.5. The van der Waals surface area contributed by atoms with Crippen molar-refractivity contribution in [2.24, 2.45) is 0 Å². The predicted octanol–water partition coefficient (Wildman–Crippen LogP) is 5.13. The van der Waals surface area contributed by atoms with Crippen molar-refractivity contribution in [2.75, 3.05) is 6.54 Å². The molecule has 0 radical (unpaired) electrons. The van der Waals surface area contributed by atoms with E-state index in [0.717, 1.165) is 16.6 Å². The second-order valence-corrected chi connectivity index (χ2v) is 5.89. The Morgan fingerprint density at radius 3 is 2.65 bits per heavy atom. The number of halogens is 3. The summed E-state index contributed by atoms with van der Waals surface area (Å²) in [5.41, 5.74) is 1.68. The lowest BCUT2D eigenvalue weighted by atomic mass is 9.98. The van der Waals surface area contributed by atoms with E-state index in [-0.39, 0.29) is 11.9 Å². The third kappa shape index (κ3) is 3.81. The van der Waals surface area contributed by atoms with Crippen molar-refractivity contribution in [1.29, 1.82) is 0 Å². The first kappa shape index (κ1) is 15.5. The van der Waals surface area contributed by atoms with Crippen LogP contribution in [-0.2, 0) is 6.42 Å². The van der Waals surface area contributed by atoms with Crippen LogP contribution in [0.25, 0.3) is 0 Å². The summed E-state index contributed by atoms with van der Waals surface area (Å²) >= 11 is 9.64. The topological polar surface area (TPSA) is 12.0 Å². The molecule has 2 rings (SSSR count). The van der Waals surface area contributed by atoms with E-state index in [1.54, 1.807) is 6.07 Å². The van der Waals surface area contributed by atoms with Crippen molar-refractivity contribution >= 4 is 27.5 Å². The average Bonchev–Trinajstić information content (AvgIpc) is 2.42. The molecule has 1 unspecified atom stereocenters. The Hall–Kier alpha value is -0.900. The molecule has 0 spiro atoms. The van der Waals surface area contributed by atoms with Gasteiger partial charge in [0, 0.05) is 21.1 Å². The Balaban J connectivity index is 2.28. The number of hydrogen-bond acceptors (Lipinski definition) is 1. The van der Waals surface area contributed by atoms with Gasteiger partial charge < -0.3 is 5.32 Å². The van der Waals surface area contributed by atoms with Gasteiger partial charge >= 0.3 is 0 Å². The third-order valence-electron chi connectivity index (χ3n) is 3.17. The van der Waals surface area contributed by atoms with Crippen LogP contribution in [0.3, 0.4) is 0 Å². The summed E-state index contributed by atoms with van der Waals surface area (Å²) < 4.78 is 14.9. The molecular weight excluding hydrogens is 341 g/mol. The van der Waals surface area contributed by atoms with E-state index in [2.05, 4.69) is 21.2 Å². The molecule has 2 aromatic carbocycles. The Morgan fingerprint density at radius 1 is 1.25 bits per heavy atom. The summed E-state index contributed by atoms with van der Waals surface area (Å²) in [6.07, 6.45) is 0.654. The molecule has 4 heteroatoms.